The van der Waals surface area contributed by atoms with E-state index in [1.807, 2.05) is 11.8 Å². The summed E-state index contributed by atoms with van der Waals surface area (Å²) in [5.41, 5.74) is 0.373. The zero-order valence-electron chi connectivity index (χ0n) is 14.2. The highest BCUT2D eigenvalue weighted by atomic mass is 32.1. The first-order valence-corrected chi connectivity index (χ1v) is 9.47. The second kappa shape index (κ2) is 7.03. The number of anilines is 1. The van der Waals surface area contributed by atoms with E-state index in [9.17, 15) is 4.79 Å². The molecule has 7 heteroatoms. The van der Waals surface area contributed by atoms with E-state index in [-0.39, 0.29) is 6.03 Å². The standard InChI is InChI=1S/C16H27N5OS/c1-3-16(6-4-7-16)12-17-14(22)20-8-5-9-21(11-10-20)15-18-13(2)19-23-15/h3-12H2,1-2H3,(H,17,22). The Hall–Kier alpha value is -1.37. The van der Waals surface area contributed by atoms with Crippen molar-refractivity contribution < 1.29 is 4.79 Å². The van der Waals surface area contributed by atoms with Crippen molar-refractivity contribution in [3.05, 3.63) is 5.82 Å². The van der Waals surface area contributed by atoms with Crippen LogP contribution < -0.4 is 10.2 Å². The predicted octanol–water partition coefficient (Wildman–Crippen LogP) is 2.65. The van der Waals surface area contributed by atoms with E-state index in [2.05, 4.69) is 26.5 Å². The van der Waals surface area contributed by atoms with Gasteiger partial charge >= 0.3 is 6.03 Å². The Morgan fingerprint density at radius 2 is 2.09 bits per heavy atom. The molecule has 1 aliphatic heterocycles. The molecule has 1 aliphatic carbocycles. The van der Waals surface area contributed by atoms with E-state index in [1.54, 1.807) is 0 Å². The van der Waals surface area contributed by atoms with Crippen molar-refractivity contribution in [1.82, 2.24) is 19.6 Å². The average molecular weight is 337 g/mol. The maximum absolute atomic E-state index is 12.5. The third kappa shape index (κ3) is 3.76. The normalized spacial score (nSPS) is 20.8. The minimum Gasteiger partial charge on any atom is -0.345 e. The van der Waals surface area contributed by atoms with E-state index >= 15 is 0 Å². The Kier molecular flexibility index (Phi) is 5.04. The van der Waals surface area contributed by atoms with E-state index in [0.717, 1.165) is 56.5 Å². The molecule has 0 spiro atoms. The molecule has 0 atom stereocenters. The van der Waals surface area contributed by atoms with Gasteiger partial charge in [0.05, 0.1) is 0 Å². The van der Waals surface area contributed by atoms with Crippen LogP contribution in [0.1, 0.15) is 44.9 Å². The van der Waals surface area contributed by atoms with E-state index in [4.69, 9.17) is 0 Å². The first kappa shape index (κ1) is 16.5. The molecule has 128 valence electrons. The zero-order chi connectivity index (χ0) is 16.3. The van der Waals surface area contributed by atoms with Crippen molar-refractivity contribution in [2.75, 3.05) is 37.6 Å². The van der Waals surface area contributed by atoms with Crippen LogP contribution in [0.5, 0.6) is 0 Å². The van der Waals surface area contributed by atoms with Crippen LogP contribution in [0.25, 0.3) is 0 Å². The third-order valence-corrected chi connectivity index (χ3v) is 6.22. The molecule has 2 heterocycles. The number of carbonyl (C=O) groups excluding carboxylic acids is 1. The van der Waals surface area contributed by atoms with Gasteiger partial charge < -0.3 is 15.1 Å². The number of urea groups is 1. The molecule has 1 N–H and O–H groups in total. The van der Waals surface area contributed by atoms with Gasteiger partial charge in [0.1, 0.15) is 5.82 Å². The summed E-state index contributed by atoms with van der Waals surface area (Å²) in [6, 6.07) is 0.0972. The van der Waals surface area contributed by atoms with Gasteiger partial charge in [-0.1, -0.05) is 13.3 Å². The van der Waals surface area contributed by atoms with Crippen LogP contribution in [0.3, 0.4) is 0 Å². The molecule has 2 aliphatic rings. The number of aryl methyl sites for hydroxylation is 1. The topological polar surface area (TPSA) is 61.4 Å². The highest BCUT2D eigenvalue weighted by Gasteiger charge is 2.35. The number of hydrogen-bond donors (Lipinski definition) is 1. The van der Waals surface area contributed by atoms with Gasteiger partial charge in [-0.15, -0.1) is 0 Å². The Morgan fingerprint density at radius 1 is 1.26 bits per heavy atom. The van der Waals surface area contributed by atoms with Crippen molar-refractivity contribution in [3.63, 3.8) is 0 Å². The molecular weight excluding hydrogens is 310 g/mol. The van der Waals surface area contributed by atoms with Gasteiger partial charge in [-0.25, -0.2) is 9.78 Å². The lowest BCUT2D eigenvalue weighted by Gasteiger charge is -2.41. The number of aromatic nitrogens is 2. The number of carbonyl (C=O) groups is 1. The maximum atomic E-state index is 12.5. The third-order valence-electron chi connectivity index (χ3n) is 5.35. The van der Waals surface area contributed by atoms with Crippen LogP contribution in [0.4, 0.5) is 9.93 Å². The molecule has 2 fully saturated rings. The lowest BCUT2D eigenvalue weighted by molar-refractivity contribution is 0.121. The average Bonchev–Trinajstić information content (AvgIpc) is 2.80. The Labute approximate surface area is 142 Å². The maximum Gasteiger partial charge on any atom is 0.317 e. The molecule has 1 saturated carbocycles. The lowest BCUT2D eigenvalue weighted by Crippen LogP contribution is -2.47. The first-order chi connectivity index (χ1) is 11.1. The molecule has 1 aromatic heterocycles. The molecule has 6 nitrogen and oxygen atoms in total. The van der Waals surface area contributed by atoms with Gasteiger partial charge in [0.2, 0.25) is 5.13 Å². The summed E-state index contributed by atoms with van der Waals surface area (Å²) in [6.45, 7) is 8.33. The van der Waals surface area contributed by atoms with Gasteiger partial charge in [-0.2, -0.15) is 4.37 Å². The number of amides is 2. The molecule has 0 aromatic carbocycles. The quantitative estimate of drug-likeness (QED) is 0.917. The highest BCUT2D eigenvalue weighted by molar-refractivity contribution is 7.09. The summed E-state index contributed by atoms with van der Waals surface area (Å²) in [5.74, 6) is 0.828. The largest absolute Gasteiger partial charge is 0.345 e. The summed E-state index contributed by atoms with van der Waals surface area (Å²) < 4.78 is 4.25. The molecule has 1 aromatic rings. The number of rotatable bonds is 4. The summed E-state index contributed by atoms with van der Waals surface area (Å²) in [5, 5.41) is 4.15. The van der Waals surface area contributed by atoms with E-state index < -0.39 is 0 Å². The van der Waals surface area contributed by atoms with Gasteiger partial charge in [0.25, 0.3) is 0 Å². The highest BCUT2D eigenvalue weighted by Crippen LogP contribution is 2.43. The number of hydrogen-bond acceptors (Lipinski definition) is 5. The van der Waals surface area contributed by atoms with Crippen molar-refractivity contribution in [3.8, 4) is 0 Å². The molecule has 0 bridgehead atoms. The fourth-order valence-corrected chi connectivity index (χ4v) is 4.16. The Balaban J connectivity index is 1.50. The molecular formula is C16H27N5OS. The van der Waals surface area contributed by atoms with Crippen molar-refractivity contribution in [2.24, 2.45) is 5.41 Å². The van der Waals surface area contributed by atoms with Gasteiger partial charge in [-0.05, 0) is 38.0 Å². The van der Waals surface area contributed by atoms with Gasteiger partial charge in [0.15, 0.2) is 0 Å². The second-order valence-corrected chi connectivity index (χ2v) is 7.55. The second-order valence-electron chi connectivity index (χ2n) is 6.82. The van der Waals surface area contributed by atoms with Crippen LogP contribution in [0.2, 0.25) is 0 Å². The molecule has 23 heavy (non-hydrogen) atoms. The zero-order valence-corrected chi connectivity index (χ0v) is 15.0. The molecule has 1 saturated heterocycles. The summed E-state index contributed by atoms with van der Waals surface area (Å²) in [6.07, 6.45) is 5.97. The minimum atomic E-state index is 0.0972. The van der Waals surface area contributed by atoms with Crippen LogP contribution in [0.15, 0.2) is 0 Å². The molecule has 2 amide bonds. The van der Waals surface area contributed by atoms with E-state index in [1.165, 1.54) is 30.8 Å². The summed E-state index contributed by atoms with van der Waals surface area (Å²) in [4.78, 5) is 21.1. The van der Waals surface area contributed by atoms with Crippen molar-refractivity contribution in [1.29, 1.82) is 0 Å². The lowest BCUT2D eigenvalue weighted by atomic mass is 9.67. The summed E-state index contributed by atoms with van der Waals surface area (Å²) >= 11 is 1.45. The molecule has 3 rings (SSSR count). The van der Waals surface area contributed by atoms with Crippen molar-refractivity contribution in [2.45, 2.75) is 46.0 Å². The Morgan fingerprint density at radius 3 is 2.70 bits per heavy atom. The Bertz CT molecular complexity index is 537. The first-order valence-electron chi connectivity index (χ1n) is 8.70. The monoisotopic (exact) mass is 337 g/mol. The smallest absolute Gasteiger partial charge is 0.317 e. The number of nitrogens with one attached hydrogen (secondary N) is 1. The van der Waals surface area contributed by atoms with Gasteiger partial charge in [0, 0.05) is 44.3 Å². The van der Waals surface area contributed by atoms with E-state index in [0.29, 0.717) is 5.41 Å². The minimum absolute atomic E-state index is 0.0972. The fraction of sp³-hybridized carbons (Fsp3) is 0.812. The van der Waals surface area contributed by atoms with Crippen LogP contribution >= 0.6 is 11.5 Å². The summed E-state index contributed by atoms with van der Waals surface area (Å²) in [7, 11) is 0. The predicted molar refractivity (Wildman–Crippen MR) is 93.0 cm³/mol. The van der Waals surface area contributed by atoms with Crippen LogP contribution in [0, 0.1) is 12.3 Å². The van der Waals surface area contributed by atoms with Gasteiger partial charge in [-0.3, -0.25) is 0 Å². The van der Waals surface area contributed by atoms with Crippen molar-refractivity contribution >= 4 is 22.7 Å². The molecule has 0 unspecified atom stereocenters. The SMILES string of the molecule is CCC1(CNC(=O)N2CCCN(c3nc(C)ns3)CC2)CCC1. The fourth-order valence-electron chi connectivity index (χ4n) is 3.43. The van der Waals surface area contributed by atoms with Crippen LogP contribution in [-0.2, 0) is 0 Å². The van der Waals surface area contributed by atoms with Crippen LogP contribution in [-0.4, -0.2) is 53.0 Å². The molecule has 0 radical (unpaired) electrons. The number of nitrogens with zero attached hydrogens (tertiary/aromatic N) is 4.